The molecular weight excluding hydrogens is 278 g/mol. The molecular formula is C14H16F2N4O. The molecule has 1 N–H and O–H groups in total. The minimum Gasteiger partial charge on any atom is -0.342 e. The lowest BCUT2D eigenvalue weighted by atomic mass is 10.1. The summed E-state index contributed by atoms with van der Waals surface area (Å²) >= 11 is 0. The predicted octanol–water partition coefficient (Wildman–Crippen LogP) is 2.86. The highest BCUT2D eigenvalue weighted by molar-refractivity contribution is 5.92. The first kappa shape index (κ1) is 15.1. The van der Waals surface area contributed by atoms with Gasteiger partial charge in [0.05, 0.1) is 11.7 Å². The number of hydrogen-bond acceptors (Lipinski definition) is 3. The summed E-state index contributed by atoms with van der Waals surface area (Å²) < 4.78 is 25.3. The summed E-state index contributed by atoms with van der Waals surface area (Å²) in [5.41, 5.74) is 1.54. The number of aromatic nitrogens is 3. The van der Waals surface area contributed by atoms with E-state index in [9.17, 15) is 13.6 Å². The van der Waals surface area contributed by atoms with Gasteiger partial charge in [0.1, 0.15) is 5.69 Å². The number of halogens is 2. The van der Waals surface area contributed by atoms with Crippen LogP contribution in [0.4, 0.5) is 8.78 Å². The summed E-state index contributed by atoms with van der Waals surface area (Å²) in [5, 5.41) is 6.30. The fourth-order valence-corrected chi connectivity index (χ4v) is 1.94. The van der Waals surface area contributed by atoms with E-state index < -0.39 is 12.5 Å². The molecule has 0 aliphatic heterocycles. The van der Waals surface area contributed by atoms with Crippen LogP contribution in [0, 0.1) is 6.92 Å². The van der Waals surface area contributed by atoms with E-state index in [4.69, 9.17) is 0 Å². The van der Waals surface area contributed by atoms with E-state index in [0.29, 0.717) is 11.1 Å². The Bertz CT molecular complexity index is 627. The minimum atomic E-state index is -2.76. The smallest absolute Gasteiger partial charge is 0.333 e. The summed E-state index contributed by atoms with van der Waals surface area (Å²) in [6, 6.07) is 6.52. The second kappa shape index (κ2) is 6.43. The number of nitrogens with zero attached hydrogens (tertiary/aromatic N) is 3. The largest absolute Gasteiger partial charge is 0.342 e. The number of carbonyl (C=O) groups is 1. The summed E-state index contributed by atoms with van der Waals surface area (Å²) in [6.07, 6.45) is 1.71. The molecule has 2 aromatic rings. The maximum atomic E-state index is 12.4. The van der Waals surface area contributed by atoms with Crippen LogP contribution in [0.15, 0.2) is 30.5 Å². The third-order valence-electron chi connectivity index (χ3n) is 3.02. The summed E-state index contributed by atoms with van der Waals surface area (Å²) in [4.78, 5) is 16.4. The van der Waals surface area contributed by atoms with Crippen molar-refractivity contribution in [1.82, 2.24) is 20.1 Å². The van der Waals surface area contributed by atoms with Crippen LogP contribution in [-0.4, -0.2) is 20.7 Å². The predicted molar refractivity (Wildman–Crippen MR) is 73.0 cm³/mol. The first-order chi connectivity index (χ1) is 10.0. The minimum absolute atomic E-state index is 0.0404. The summed E-state index contributed by atoms with van der Waals surface area (Å²) in [7, 11) is 0. The molecule has 0 bridgehead atoms. The number of rotatable bonds is 5. The van der Waals surface area contributed by atoms with Gasteiger partial charge in [0.15, 0.2) is 0 Å². The summed E-state index contributed by atoms with van der Waals surface area (Å²) in [6.45, 7) is 1.02. The molecule has 0 saturated heterocycles. The molecule has 0 saturated carbocycles. The van der Waals surface area contributed by atoms with Gasteiger partial charge in [-0.3, -0.25) is 9.78 Å². The zero-order valence-corrected chi connectivity index (χ0v) is 11.8. The summed E-state index contributed by atoms with van der Waals surface area (Å²) in [5.74, 6) is -0.496. The lowest BCUT2D eigenvalue weighted by Crippen LogP contribution is -2.29. The van der Waals surface area contributed by atoms with Gasteiger partial charge in [0.2, 0.25) is 0 Å². The Labute approximate surface area is 121 Å². The van der Waals surface area contributed by atoms with E-state index in [1.807, 2.05) is 32.0 Å². The Morgan fingerprint density at radius 3 is 2.71 bits per heavy atom. The topological polar surface area (TPSA) is 59.8 Å². The number of amides is 1. The molecule has 7 heteroatoms. The average Bonchev–Trinajstić information content (AvgIpc) is 2.94. The van der Waals surface area contributed by atoms with Crippen molar-refractivity contribution in [3.05, 3.63) is 47.5 Å². The van der Waals surface area contributed by atoms with E-state index in [2.05, 4.69) is 15.4 Å². The van der Waals surface area contributed by atoms with Gasteiger partial charge in [-0.25, -0.2) is 4.68 Å². The molecule has 1 amide bonds. The fourth-order valence-electron chi connectivity index (χ4n) is 1.94. The molecule has 0 aliphatic carbocycles. The zero-order valence-electron chi connectivity index (χ0n) is 11.8. The molecule has 1 atom stereocenters. The highest BCUT2D eigenvalue weighted by Gasteiger charge is 2.18. The molecule has 0 aliphatic rings. The van der Waals surface area contributed by atoms with Crippen LogP contribution in [0.5, 0.6) is 0 Å². The SMILES string of the molecule is CC[C@H](NC(=O)c1ccn(C(F)F)n1)c1cccc(C)n1. The van der Waals surface area contributed by atoms with Gasteiger partial charge in [0.25, 0.3) is 5.91 Å². The third-order valence-corrected chi connectivity index (χ3v) is 3.02. The molecule has 0 aromatic carbocycles. The van der Waals surface area contributed by atoms with Crippen LogP contribution in [0.1, 0.15) is 47.8 Å². The molecule has 2 aromatic heterocycles. The van der Waals surface area contributed by atoms with Gasteiger partial charge >= 0.3 is 6.55 Å². The second-order valence-corrected chi connectivity index (χ2v) is 4.60. The Balaban J connectivity index is 2.12. The molecule has 5 nitrogen and oxygen atoms in total. The third kappa shape index (κ3) is 3.62. The van der Waals surface area contributed by atoms with E-state index in [-0.39, 0.29) is 11.7 Å². The van der Waals surface area contributed by atoms with Gasteiger partial charge in [-0.15, -0.1) is 0 Å². The average molecular weight is 294 g/mol. The van der Waals surface area contributed by atoms with Gasteiger partial charge < -0.3 is 5.32 Å². The molecule has 112 valence electrons. The molecule has 2 heterocycles. The van der Waals surface area contributed by atoms with Crippen molar-refractivity contribution in [2.24, 2.45) is 0 Å². The first-order valence-corrected chi connectivity index (χ1v) is 6.59. The fraction of sp³-hybridized carbons (Fsp3) is 0.357. The number of carbonyl (C=O) groups excluding carboxylic acids is 1. The lowest BCUT2D eigenvalue weighted by molar-refractivity contribution is 0.0559. The Morgan fingerprint density at radius 2 is 2.14 bits per heavy atom. The first-order valence-electron chi connectivity index (χ1n) is 6.59. The highest BCUT2D eigenvalue weighted by Crippen LogP contribution is 2.16. The van der Waals surface area contributed by atoms with Crippen molar-refractivity contribution in [3.8, 4) is 0 Å². The van der Waals surface area contributed by atoms with Crippen LogP contribution >= 0.6 is 0 Å². The quantitative estimate of drug-likeness (QED) is 0.922. The van der Waals surface area contributed by atoms with Crippen LogP contribution in [-0.2, 0) is 0 Å². The number of hydrogen-bond donors (Lipinski definition) is 1. The van der Waals surface area contributed by atoms with E-state index >= 15 is 0 Å². The second-order valence-electron chi connectivity index (χ2n) is 4.60. The van der Waals surface area contributed by atoms with Crippen molar-refractivity contribution in [2.75, 3.05) is 0 Å². The molecule has 2 rings (SSSR count). The number of pyridine rings is 1. The number of aryl methyl sites for hydroxylation is 1. The normalized spacial score (nSPS) is 12.4. The molecule has 0 unspecified atom stereocenters. The van der Waals surface area contributed by atoms with Crippen molar-refractivity contribution in [1.29, 1.82) is 0 Å². The highest BCUT2D eigenvalue weighted by atomic mass is 19.3. The van der Waals surface area contributed by atoms with Crippen LogP contribution in [0.3, 0.4) is 0 Å². The number of alkyl halides is 2. The van der Waals surface area contributed by atoms with Crippen molar-refractivity contribution in [3.63, 3.8) is 0 Å². The van der Waals surface area contributed by atoms with Crippen LogP contribution in [0.25, 0.3) is 0 Å². The Hall–Kier alpha value is -2.31. The van der Waals surface area contributed by atoms with Gasteiger partial charge in [0, 0.05) is 11.9 Å². The standard InChI is InChI=1S/C14H16F2N4O/c1-3-10(11-6-4-5-9(2)17-11)18-13(21)12-7-8-20(19-12)14(15)16/h4-8,10,14H,3H2,1-2H3,(H,18,21)/t10-/m0/s1. The molecule has 21 heavy (non-hydrogen) atoms. The maximum Gasteiger partial charge on any atom is 0.333 e. The van der Waals surface area contributed by atoms with E-state index in [0.717, 1.165) is 17.6 Å². The molecule has 0 fully saturated rings. The molecule has 0 spiro atoms. The maximum absolute atomic E-state index is 12.4. The van der Waals surface area contributed by atoms with Crippen LogP contribution < -0.4 is 5.32 Å². The zero-order chi connectivity index (χ0) is 15.4. The number of nitrogens with one attached hydrogen (secondary N) is 1. The van der Waals surface area contributed by atoms with Crippen molar-refractivity contribution >= 4 is 5.91 Å². The Kier molecular flexibility index (Phi) is 4.62. The Morgan fingerprint density at radius 1 is 1.38 bits per heavy atom. The van der Waals surface area contributed by atoms with Gasteiger partial charge in [-0.1, -0.05) is 13.0 Å². The van der Waals surface area contributed by atoms with E-state index in [1.54, 1.807) is 0 Å². The van der Waals surface area contributed by atoms with Crippen molar-refractivity contribution in [2.45, 2.75) is 32.9 Å². The molecule has 0 radical (unpaired) electrons. The monoisotopic (exact) mass is 294 g/mol. The van der Waals surface area contributed by atoms with Gasteiger partial charge in [-0.2, -0.15) is 13.9 Å². The van der Waals surface area contributed by atoms with Crippen LogP contribution in [0.2, 0.25) is 0 Å². The lowest BCUT2D eigenvalue weighted by Gasteiger charge is -2.16. The van der Waals surface area contributed by atoms with Crippen molar-refractivity contribution < 1.29 is 13.6 Å². The van der Waals surface area contributed by atoms with Gasteiger partial charge in [-0.05, 0) is 31.5 Å². The van der Waals surface area contributed by atoms with E-state index in [1.165, 1.54) is 6.07 Å².